The molecule has 0 spiro atoms. The Labute approximate surface area is 170 Å². The van der Waals surface area contributed by atoms with Gasteiger partial charge < -0.3 is 4.42 Å². The molecule has 0 bridgehead atoms. The third-order valence-electron chi connectivity index (χ3n) is 4.11. The van der Waals surface area contributed by atoms with Crippen LogP contribution < -0.4 is 4.90 Å². The standard InChI is InChI=1S/C21H17FN2O2S2/c22-17-9-4-10-18-20(17)23-21(28-18)24(14-15-6-5-12-26-15)19(25)11-13-27-16-7-2-1-3-8-16/h1-10,12H,11,13-14H2. The first kappa shape index (κ1) is 18.7. The molecular weight excluding hydrogens is 395 g/mol. The van der Waals surface area contributed by atoms with Gasteiger partial charge in [0.2, 0.25) is 5.91 Å². The lowest BCUT2D eigenvalue weighted by molar-refractivity contribution is -0.118. The van der Waals surface area contributed by atoms with E-state index < -0.39 is 0 Å². The monoisotopic (exact) mass is 412 g/mol. The third kappa shape index (κ3) is 4.26. The van der Waals surface area contributed by atoms with Crippen LogP contribution in [0.1, 0.15) is 12.2 Å². The van der Waals surface area contributed by atoms with E-state index in [1.165, 1.54) is 17.4 Å². The van der Waals surface area contributed by atoms with Gasteiger partial charge in [-0.05, 0) is 36.4 Å². The van der Waals surface area contributed by atoms with Crippen molar-refractivity contribution in [2.24, 2.45) is 0 Å². The Morgan fingerprint density at radius 3 is 2.71 bits per heavy atom. The molecule has 1 amide bonds. The summed E-state index contributed by atoms with van der Waals surface area (Å²) in [5.74, 6) is 0.852. The molecule has 4 aromatic rings. The number of carbonyl (C=O) groups excluding carboxylic acids is 1. The molecule has 28 heavy (non-hydrogen) atoms. The van der Waals surface area contributed by atoms with E-state index in [0.717, 1.165) is 4.90 Å². The molecule has 2 aromatic heterocycles. The molecule has 142 valence electrons. The highest BCUT2D eigenvalue weighted by Gasteiger charge is 2.22. The fourth-order valence-corrected chi connectivity index (χ4v) is 4.61. The highest BCUT2D eigenvalue weighted by molar-refractivity contribution is 7.99. The summed E-state index contributed by atoms with van der Waals surface area (Å²) in [5, 5.41) is 0.478. The summed E-state index contributed by atoms with van der Waals surface area (Å²) in [6.07, 6.45) is 1.92. The number of carbonyl (C=O) groups is 1. The van der Waals surface area contributed by atoms with Crippen molar-refractivity contribution in [1.82, 2.24) is 4.98 Å². The molecule has 0 aliphatic heterocycles. The molecule has 0 saturated carbocycles. The number of thiazole rings is 1. The van der Waals surface area contributed by atoms with E-state index in [-0.39, 0.29) is 18.3 Å². The van der Waals surface area contributed by atoms with Crippen molar-refractivity contribution in [3.05, 3.63) is 78.5 Å². The first-order valence-electron chi connectivity index (χ1n) is 8.76. The highest BCUT2D eigenvalue weighted by atomic mass is 32.2. The molecule has 0 unspecified atom stereocenters. The maximum atomic E-state index is 14.1. The second kappa shape index (κ2) is 8.58. The average Bonchev–Trinajstić information content (AvgIpc) is 3.37. The number of furan rings is 1. The lowest BCUT2D eigenvalue weighted by Crippen LogP contribution is -2.30. The fraction of sp³-hybridized carbons (Fsp3) is 0.143. The predicted octanol–water partition coefficient (Wildman–Crippen LogP) is 5.74. The summed E-state index contributed by atoms with van der Waals surface area (Å²) in [6.45, 7) is 0.267. The van der Waals surface area contributed by atoms with Crippen LogP contribution in [0.15, 0.2) is 76.2 Å². The van der Waals surface area contributed by atoms with E-state index in [1.54, 1.807) is 41.1 Å². The van der Waals surface area contributed by atoms with E-state index in [4.69, 9.17) is 4.42 Å². The number of aromatic nitrogens is 1. The Bertz CT molecular complexity index is 1060. The number of benzene rings is 2. The van der Waals surface area contributed by atoms with Crippen LogP contribution in [-0.4, -0.2) is 16.6 Å². The van der Waals surface area contributed by atoms with Gasteiger partial charge in [0, 0.05) is 17.1 Å². The zero-order chi connectivity index (χ0) is 19.3. The van der Waals surface area contributed by atoms with Crippen molar-refractivity contribution >= 4 is 44.4 Å². The molecule has 0 fully saturated rings. The zero-order valence-corrected chi connectivity index (χ0v) is 16.5. The zero-order valence-electron chi connectivity index (χ0n) is 14.9. The molecule has 4 nitrogen and oxygen atoms in total. The van der Waals surface area contributed by atoms with Crippen molar-refractivity contribution in [3.8, 4) is 0 Å². The van der Waals surface area contributed by atoms with Crippen LogP contribution >= 0.6 is 23.1 Å². The number of nitrogens with zero attached hydrogens (tertiary/aromatic N) is 2. The minimum absolute atomic E-state index is 0.0701. The van der Waals surface area contributed by atoms with Crippen molar-refractivity contribution in [3.63, 3.8) is 0 Å². The summed E-state index contributed by atoms with van der Waals surface area (Å²) in [5.41, 5.74) is 0.290. The molecule has 2 aromatic carbocycles. The number of para-hydroxylation sites is 1. The first-order chi connectivity index (χ1) is 13.7. The van der Waals surface area contributed by atoms with Gasteiger partial charge in [-0.2, -0.15) is 0 Å². The highest BCUT2D eigenvalue weighted by Crippen LogP contribution is 2.32. The smallest absolute Gasteiger partial charge is 0.230 e. The SMILES string of the molecule is O=C(CCSc1ccccc1)N(Cc1ccco1)c1nc2c(F)cccc2s1. The lowest BCUT2D eigenvalue weighted by atomic mass is 10.3. The molecule has 2 heterocycles. The number of hydrogen-bond acceptors (Lipinski definition) is 5. The topological polar surface area (TPSA) is 46.3 Å². The Morgan fingerprint density at radius 1 is 1.11 bits per heavy atom. The van der Waals surface area contributed by atoms with Crippen molar-refractivity contribution in [2.75, 3.05) is 10.7 Å². The minimum atomic E-state index is -0.384. The molecule has 0 atom stereocenters. The number of rotatable bonds is 7. The van der Waals surface area contributed by atoms with E-state index in [1.807, 2.05) is 36.4 Å². The average molecular weight is 413 g/mol. The largest absolute Gasteiger partial charge is 0.467 e. The Kier molecular flexibility index (Phi) is 5.73. The molecule has 0 N–H and O–H groups in total. The van der Waals surface area contributed by atoms with Gasteiger partial charge in [0.1, 0.15) is 17.1 Å². The van der Waals surface area contributed by atoms with Gasteiger partial charge in [-0.3, -0.25) is 9.69 Å². The Balaban J connectivity index is 1.54. The molecule has 4 rings (SSSR count). The van der Waals surface area contributed by atoms with Gasteiger partial charge in [0.15, 0.2) is 5.13 Å². The van der Waals surface area contributed by atoms with Crippen molar-refractivity contribution < 1.29 is 13.6 Å². The number of amides is 1. The van der Waals surface area contributed by atoms with Crippen LogP contribution in [0.25, 0.3) is 10.2 Å². The minimum Gasteiger partial charge on any atom is -0.467 e. The number of halogens is 1. The van der Waals surface area contributed by atoms with Crippen LogP contribution in [0.3, 0.4) is 0 Å². The van der Waals surface area contributed by atoms with Gasteiger partial charge in [0.25, 0.3) is 0 Å². The summed E-state index contributed by atoms with van der Waals surface area (Å²) >= 11 is 2.93. The van der Waals surface area contributed by atoms with Gasteiger partial charge in [-0.15, -0.1) is 11.8 Å². The van der Waals surface area contributed by atoms with Crippen molar-refractivity contribution in [1.29, 1.82) is 0 Å². The molecule has 0 aliphatic carbocycles. The summed E-state index contributed by atoms with van der Waals surface area (Å²) in [7, 11) is 0. The van der Waals surface area contributed by atoms with Crippen LogP contribution in [0.4, 0.5) is 9.52 Å². The van der Waals surface area contributed by atoms with Gasteiger partial charge in [0.05, 0.1) is 17.5 Å². The maximum Gasteiger partial charge on any atom is 0.230 e. The van der Waals surface area contributed by atoms with Gasteiger partial charge in [-0.25, -0.2) is 9.37 Å². The molecule has 0 saturated heterocycles. The maximum absolute atomic E-state index is 14.1. The molecular formula is C21H17FN2O2S2. The molecule has 7 heteroatoms. The number of thioether (sulfide) groups is 1. The summed E-state index contributed by atoms with van der Waals surface area (Å²) in [6, 6.07) is 18.4. The second-order valence-electron chi connectivity index (χ2n) is 6.05. The number of anilines is 1. The Morgan fingerprint density at radius 2 is 1.96 bits per heavy atom. The predicted molar refractivity (Wildman–Crippen MR) is 111 cm³/mol. The van der Waals surface area contributed by atoms with E-state index in [9.17, 15) is 9.18 Å². The fourth-order valence-electron chi connectivity index (χ4n) is 2.75. The second-order valence-corrected chi connectivity index (χ2v) is 8.23. The normalized spacial score (nSPS) is 11.0. The first-order valence-corrected chi connectivity index (χ1v) is 10.6. The van der Waals surface area contributed by atoms with E-state index in [0.29, 0.717) is 33.3 Å². The van der Waals surface area contributed by atoms with Gasteiger partial charge >= 0.3 is 0 Å². The van der Waals surface area contributed by atoms with Crippen LogP contribution in [0, 0.1) is 5.82 Å². The molecule has 0 aliphatic rings. The van der Waals surface area contributed by atoms with E-state index >= 15 is 0 Å². The quantitative estimate of drug-likeness (QED) is 0.363. The Hall–Kier alpha value is -2.64. The number of fused-ring (bicyclic) bond motifs is 1. The van der Waals surface area contributed by atoms with Crippen LogP contribution in [-0.2, 0) is 11.3 Å². The molecule has 0 radical (unpaired) electrons. The summed E-state index contributed by atoms with van der Waals surface area (Å²) < 4.78 is 20.2. The summed E-state index contributed by atoms with van der Waals surface area (Å²) in [4.78, 5) is 20.0. The third-order valence-corrected chi connectivity index (χ3v) is 6.17. The van der Waals surface area contributed by atoms with Crippen LogP contribution in [0.2, 0.25) is 0 Å². The lowest BCUT2D eigenvalue weighted by Gasteiger charge is -2.18. The van der Waals surface area contributed by atoms with Gasteiger partial charge in [-0.1, -0.05) is 35.6 Å². The van der Waals surface area contributed by atoms with E-state index in [2.05, 4.69) is 4.98 Å². The number of hydrogen-bond donors (Lipinski definition) is 0. The van der Waals surface area contributed by atoms with Crippen LogP contribution in [0.5, 0.6) is 0 Å². The van der Waals surface area contributed by atoms with Crippen molar-refractivity contribution in [2.45, 2.75) is 17.9 Å².